The highest BCUT2D eigenvalue weighted by Gasteiger charge is 2.41. The van der Waals surface area contributed by atoms with E-state index in [1.54, 1.807) is 0 Å². The predicted octanol–water partition coefficient (Wildman–Crippen LogP) is 7.13. The van der Waals surface area contributed by atoms with Gasteiger partial charge in [-0.25, -0.2) is 0 Å². The molecule has 2 aliphatic rings. The number of aromatic amines is 1. The molecule has 0 amide bonds. The number of hydrogen-bond acceptors (Lipinski definition) is 3. The van der Waals surface area contributed by atoms with Gasteiger partial charge in [0.05, 0.1) is 18.2 Å². The van der Waals surface area contributed by atoms with Gasteiger partial charge >= 0.3 is 0 Å². The number of piperidine rings is 1. The van der Waals surface area contributed by atoms with E-state index >= 15 is 0 Å². The maximum absolute atomic E-state index is 9.35. The molecule has 1 fully saturated rings. The molecule has 1 saturated heterocycles. The zero-order valence-electron chi connectivity index (χ0n) is 20.3. The SMILES string of the molecule is N#Cc1ccc2c(c1)COC2(CCCN1CCC(c2ccc3[nH]ccc3c2)CC1)c1ccc(Cl)cc1. The van der Waals surface area contributed by atoms with Crippen molar-refractivity contribution in [3.8, 4) is 6.07 Å². The molecule has 3 aromatic carbocycles. The molecular formula is C31H30ClN3O. The first-order chi connectivity index (χ1) is 17.6. The molecule has 0 spiro atoms. The van der Waals surface area contributed by atoms with E-state index < -0.39 is 5.60 Å². The molecule has 4 aromatic rings. The van der Waals surface area contributed by atoms with Gasteiger partial charge in [-0.2, -0.15) is 5.26 Å². The van der Waals surface area contributed by atoms with Crippen LogP contribution >= 0.6 is 11.6 Å². The van der Waals surface area contributed by atoms with E-state index in [1.807, 2.05) is 30.5 Å². The second-order valence-corrected chi connectivity index (χ2v) is 10.6. The Morgan fingerprint density at radius 3 is 2.67 bits per heavy atom. The number of benzene rings is 3. The standard InChI is InChI=1S/C31H30ClN3O/c32-28-6-4-27(5-7-28)31(29-8-2-22(20-33)18-26(29)21-36-31)13-1-15-35-16-11-23(12-17-35)24-3-9-30-25(19-24)10-14-34-30/h2-10,14,18-19,23,34H,1,11-13,15-17,21H2. The Bertz CT molecular complexity index is 1410. The van der Waals surface area contributed by atoms with Gasteiger partial charge in [0.25, 0.3) is 0 Å². The molecule has 3 heterocycles. The third-order valence-electron chi connectivity index (χ3n) is 8.09. The van der Waals surface area contributed by atoms with Gasteiger partial charge in [-0.3, -0.25) is 0 Å². The van der Waals surface area contributed by atoms with Crippen molar-refractivity contribution in [1.29, 1.82) is 5.26 Å². The van der Waals surface area contributed by atoms with Gasteiger partial charge < -0.3 is 14.6 Å². The molecule has 1 atom stereocenters. The van der Waals surface area contributed by atoms with E-state index in [2.05, 4.69) is 58.4 Å². The van der Waals surface area contributed by atoms with E-state index in [4.69, 9.17) is 16.3 Å². The number of rotatable bonds is 6. The number of H-pyrrole nitrogens is 1. The molecular weight excluding hydrogens is 466 g/mol. The first-order valence-electron chi connectivity index (χ1n) is 12.9. The number of nitrogens with one attached hydrogen (secondary N) is 1. The Labute approximate surface area is 217 Å². The number of hydrogen-bond donors (Lipinski definition) is 1. The molecule has 0 saturated carbocycles. The molecule has 36 heavy (non-hydrogen) atoms. The van der Waals surface area contributed by atoms with Gasteiger partial charge in [-0.15, -0.1) is 0 Å². The van der Waals surface area contributed by atoms with Gasteiger partial charge in [-0.1, -0.05) is 35.9 Å². The third kappa shape index (κ3) is 4.33. The average Bonchev–Trinajstić information content (AvgIpc) is 3.54. The van der Waals surface area contributed by atoms with Crippen LogP contribution in [0.1, 0.15) is 59.4 Å². The maximum Gasteiger partial charge on any atom is 0.119 e. The first kappa shape index (κ1) is 23.3. The number of nitrogens with zero attached hydrogens (tertiary/aromatic N) is 2. The van der Waals surface area contributed by atoms with Crippen LogP contribution in [-0.4, -0.2) is 29.5 Å². The lowest BCUT2D eigenvalue weighted by atomic mass is 9.81. The van der Waals surface area contributed by atoms with Crippen molar-refractivity contribution in [2.24, 2.45) is 0 Å². The van der Waals surface area contributed by atoms with Crippen molar-refractivity contribution < 1.29 is 4.74 Å². The van der Waals surface area contributed by atoms with Crippen LogP contribution < -0.4 is 0 Å². The molecule has 5 heteroatoms. The molecule has 0 aliphatic carbocycles. The maximum atomic E-state index is 9.35. The lowest BCUT2D eigenvalue weighted by Crippen LogP contribution is -2.35. The molecule has 1 N–H and O–H groups in total. The molecule has 182 valence electrons. The second kappa shape index (κ2) is 9.75. The van der Waals surface area contributed by atoms with Crippen molar-refractivity contribution in [3.05, 3.63) is 106 Å². The summed E-state index contributed by atoms with van der Waals surface area (Å²) in [5, 5.41) is 11.4. The Kier molecular flexibility index (Phi) is 6.31. The van der Waals surface area contributed by atoms with Crippen molar-refractivity contribution >= 4 is 22.5 Å². The molecule has 0 bridgehead atoms. The highest BCUT2D eigenvalue weighted by Crippen LogP contribution is 2.46. The fourth-order valence-corrected chi connectivity index (χ4v) is 6.26. The fourth-order valence-electron chi connectivity index (χ4n) is 6.13. The van der Waals surface area contributed by atoms with Gasteiger partial charge in [-0.05, 0) is 121 Å². The normalized spacial score (nSPS) is 20.4. The fraction of sp³-hybridized carbons (Fsp3) is 0.323. The summed E-state index contributed by atoms with van der Waals surface area (Å²) in [6.45, 7) is 3.86. The topological polar surface area (TPSA) is 52.0 Å². The smallest absolute Gasteiger partial charge is 0.119 e. The molecule has 2 aliphatic heterocycles. The quantitative estimate of drug-likeness (QED) is 0.309. The minimum absolute atomic E-state index is 0.488. The van der Waals surface area contributed by atoms with Crippen molar-refractivity contribution in [2.45, 2.75) is 43.8 Å². The van der Waals surface area contributed by atoms with Crippen LogP contribution in [0.25, 0.3) is 10.9 Å². The van der Waals surface area contributed by atoms with E-state index in [0.717, 1.165) is 48.6 Å². The minimum atomic E-state index is -0.488. The monoisotopic (exact) mass is 495 g/mol. The number of nitriles is 1. The van der Waals surface area contributed by atoms with Crippen LogP contribution in [0.5, 0.6) is 0 Å². The lowest BCUT2D eigenvalue weighted by Gasteiger charge is -2.34. The summed E-state index contributed by atoms with van der Waals surface area (Å²) in [5.41, 5.74) is 6.31. The zero-order valence-corrected chi connectivity index (χ0v) is 21.1. The van der Waals surface area contributed by atoms with Gasteiger partial charge in [0.15, 0.2) is 0 Å². The summed E-state index contributed by atoms with van der Waals surface area (Å²) >= 11 is 6.20. The largest absolute Gasteiger partial charge is 0.361 e. The van der Waals surface area contributed by atoms with E-state index in [-0.39, 0.29) is 0 Å². The predicted molar refractivity (Wildman–Crippen MR) is 144 cm³/mol. The lowest BCUT2D eigenvalue weighted by molar-refractivity contribution is -0.0148. The number of halogens is 1. The summed E-state index contributed by atoms with van der Waals surface area (Å²) in [4.78, 5) is 5.90. The third-order valence-corrected chi connectivity index (χ3v) is 8.35. The zero-order chi connectivity index (χ0) is 24.5. The van der Waals surface area contributed by atoms with Crippen LogP contribution in [0, 0.1) is 11.3 Å². The van der Waals surface area contributed by atoms with Crippen LogP contribution in [0.4, 0.5) is 0 Å². The molecule has 6 rings (SSSR count). The number of aromatic nitrogens is 1. The van der Waals surface area contributed by atoms with Gasteiger partial charge in [0, 0.05) is 16.7 Å². The van der Waals surface area contributed by atoms with Crippen LogP contribution in [-0.2, 0) is 16.9 Å². The van der Waals surface area contributed by atoms with Crippen molar-refractivity contribution in [1.82, 2.24) is 9.88 Å². The van der Waals surface area contributed by atoms with Crippen LogP contribution in [0.15, 0.2) is 72.9 Å². The highest BCUT2D eigenvalue weighted by atomic mass is 35.5. The van der Waals surface area contributed by atoms with E-state index in [9.17, 15) is 5.26 Å². The average molecular weight is 496 g/mol. The first-order valence-corrected chi connectivity index (χ1v) is 13.3. The second-order valence-electron chi connectivity index (χ2n) is 10.2. The summed E-state index contributed by atoms with van der Waals surface area (Å²) in [6.07, 6.45) is 6.37. The van der Waals surface area contributed by atoms with Crippen LogP contribution in [0.2, 0.25) is 5.02 Å². The molecule has 4 nitrogen and oxygen atoms in total. The summed E-state index contributed by atoms with van der Waals surface area (Å²) in [6, 6.07) is 25.3. The minimum Gasteiger partial charge on any atom is -0.361 e. The Balaban J connectivity index is 1.13. The van der Waals surface area contributed by atoms with E-state index in [1.165, 1.54) is 34.9 Å². The number of ether oxygens (including phenoxy) is 1. The Morgan fingerprint density at radius 2 is 1.86 bits per heavy atom. The van der Waals surface area contributed by atoms with Gasteiger partial charge in [0.2, 0.25) is 0 Å². The highest BCUT2D eigenvalue weighted by molar-refractivity contribution is 6.30. The Morgan fingerprint density at radius 1 is 1.03 bits per heavy atom. The van der Waals surface area contributed by atoms with Gasteiger partial charge in [0.1, 0.15) is 5.60 Å². The van der Waals surface area contributed by atoms with Crippen molar-refractivity contribution in [3.63, 3.8) is 0 Å². The molecule has 0 radical (unpaired) electrons. The summed E-state index contributed by atoms with van der Waals surface area (Å²) in [5.74, 6) is 0.639. The van der Waals surface area contributed by atoms with Crippen molar-refractivity contribution in [2.75, 3.05) is 19.6 Å². The molecule has 1 unspecified atom stereocenters. The molecule has 1 aromatic heterocycles. The Hall–Kier alpha value is -3.10. The summed E-state index contributed by atoms with van der Waals surface area (Å²) < 4.78 is 6.56. The van der Waals surface area contributed by atoms with Crippen LogP contribution in [0.3, 0.4) is 0 Å². The van der Waals surface area contributed by atoms with E-state index in [0.29, 0.717) is 18.1 Å². The number of likely N-dealkylation sites (tertiary alicyclic amines) is 1. The number of fused-ring (bicyclic) bond motifs is 2. The summed E-state index contributed by atoms with van der Waals surface area (Å²) in [7, 11) is 0.